The number of carboxylic acids is 1. The normalized spacial score (nSPS) is 17.9. The Hall–Kier alpha value is -2.97. The van der Waals surface area contributed by atoms with Gasteiger partial charge in [-0.3, -0.25) is 19.2 Å². The van der Waals surface area contributed by atoms with Gasteiger partial charge in [-0.05, 0) is 31.2 Å². The van der Waals surface area contributed by atoms with E-state index in [2.05, 4.69) is 10.6 Å². The first-order valence-electron chi connectivity index (χ1n) is 7.63. The zero-order valence-corrected chi connectivity index (χ0v) is 13.5. The van der Waals surface area contributed by atoms with Gasteiger partial charge in [0.2, 0.25) is 17.7 Å². The third-order valence-electron chi connectivity index (χ3n) is 3.80. The second-order valence-electron chi connectivity index (χ2n) is 5.72. The lowest BCUT2D eigenvalue weighted by Gasteiger charge is -2.18. The van der Waals surface area contributed by atoms with E-state index in [0.29, 0.717) is 5.69 Å². The summed E-state index contributed by atoms with van der Waals surface area (Å²) in [5.74, 6) is -3.64. The summed E-state index contributed by atoms with van der Waals surface area (Å²) in [4.78, 5) is 47.8. The van der Waals surface area contributed by atoms with Crippen molar-refractivity contribution in [3.05, 3.63) is 30.1 Å². The average Bonchev–Trinajstić information content (AvgIpc) is 2.95. The standard InChI is InChI=1S/C16H18FN3O5/c1-9(15(24)18-7-14(22)23)19-16(25)10-6-13(21)20(8-10)12-4-2-11(17)3-5-12/h2-5,9-10H,6-8H2,1H3,(H,18,24)(H,19,25)(H,22,23)/t9-,10?/m0/s1. The fourth-order valence-corrected chi connectivity index (χ4v) is 2.47. The van der Waals surface area contributed by atoms with Gasteiger partial charge in [-0.2, -0.15) is 0 Å². The minimum atomic E-state index is -1.19. The molecular formula is C16H18FN3O5. The second-order valence-corrected chi connectivity index (χ2v) is 5.72. The molecule has 0 spiro atoms. The second kappa shape index (κ2) is 7.73. The van der Waals surface area contributed by atoms with Crippen LogP contribution in [-0.4, -0.2) is 47.9 Å². The van der Waals surface area contributed by atoms with Gasteiger partial charge in [0.15, 0.2) is 0 Å². The molecule has 8 nitrogen and oxygen atoms in total. The van der Waals surface area contributed by atoms with Crippen molar-refractivity contribution >= 4 is 29.4 Å². The van der Waals surface area contributed by atoms with Gasteiger partial charge in [0.1, 0.15) is 18.4 Å². The van der Waals surface area contributed by atoms with Crippen LogP contribution in [0, 0.1) is 11.7 Å². The molecule has 0 bridgehead atoms. The highest BCUT2D eigenvalue weighted by atomic mass is 19.1. The highest BCUT2D eigenvalue weighted by molar-refractivity contribution is 6.01. The number of nitrogens with one attached hydrogen (secondary N) is 2. The summed E-state index contributed by atoms with van der Waals surface area (Å²) in [5.41, 5.74) is 0.494. The number of nitrogens with zero attached hydrogens (tertiary/aromatic N) is 1. The van der Waals surface area contributed by atoms with Gasteiger partial charge in [-0.15, -0.1) is 0 Å². The lowest BCUT2D eigenvalue weighted by molar-refractivity contribution is -0.138. The van der Waals surface area contributed by atoms with E-state index in [1.165, 1.54) is 36.1 Å². The molecule has 0 aromatic heterocycles. The molecule has 0 aliphatic carbocycles. The quantitative estimate of drug-likeness (QED) is 0.661. The van der Waals surface area contributed by atoms with Crippen LogP contribution in [-0.2, 0) is 19.2 Å². The van der Waals surface area contributed by atoms with Crippen LogP contribution >= 0.6 is 0 Å². The smallest absolute Gasteiger partial charge is 0.322 e. The molecule has 2 rings (SSSR count). The number of carbonyl (C=O) groups excluding carboxylic acids is 3. The monoisotopic (exact) mass is 351 g/mol. The number of amides is 3. The van der Waals surface area contributed by atoms with Gasteiger partial charge in [0.25, 0.3) is 0 Å². The molecule has 1 unspecified atom stereocenters. The maximum atomic E-state index is 13.0. The van der Waals surface area contributed by atoms with E-state index in [1.807, 2.05) is 0 Å². The number of hydrogen-bond acceptors (Lipinski definition) is 4. The molecule has 0 saturated carbocycles. The number of halogens is 1. The van der Waals surface area contributed by atoms with Crippen molar-refractivity contribution in [2.45, 2.75) is 19.4 Å². The molecule has 1 aromatic rings. The maximum absolute atomic E-state index is 13.0. The Bertz CT molecular complexity index is 692. The molecule has 1 heterocycles. The summed E-state index contributed by atoms with van der Waals surface area (Å²) in [6, 6.07) is 4.43. The number of anilines is 1. The first kappa shape index (κ1) is 18.4. The summed E-state index contributed by atoms with van der Waals surface area (Å²) in [6.45, 7) is 1.00. The molecule has 0 radical (unpaired) electrons. The molecule has 1 fully saturated rings. The largest absolute Gasteiger partial charge is 0.480 e. The van der Waals surface area contributed by atoms with Crippen molar-refractivity contribution in [3.8, 4) is 0 Å². The fraction of sp³-hybridized carbons (Fsp3) is 0.375. The summed E-state index contributed by atoms with van der Waals surface area (Å²) in [6.07, 6.45) is -0.0212. The van der Waals surface area contributed by atoms with E-state index in [4.69, 9.17) is 5.11 Å². The van der Waals surface area contributed by atoms with Crippen LogP contribution in [0.15, 0.2) is 24.3 Å². The van der Waals surface area contributed by atoms with E-state index < -0.39 is 42.1 Å². The molecule has 1 aliphatic rings. The molecule has 134 valence electrons. The van der Waals surface area contributed by atoms with E-state index in [9.17, 15) is 23.6 Å². The predicted octanol–water partition coefficient (Wildman–Crippen LogP) is -0.116. The van der Waals surface area contributed by atoms with E-state index in [0.717, 1.165) is 0 Å². The first-order valence-corrected chi connectivity index (χ1v) is 7.63. The predicted molar refractivity (Wildman–Crippen MR) is 85.1 cm³/mol. The Kier molecular flexibility index (Phi) is 5.68. The SMILES string of the molecule is C[C@H](NC(=O)C1CC(=O)N(c2ccc(F)cc2)C1)C(=O)NCC(=O)O. The highest BCUT2D eigenvalue weighted by Crippen LogP contribution is 2.25. The lowest BCUT2D eigenvalue weighted by atomic mass is 10.1. The van der Waals surface area contributed by atoms with Crippen LogP contribution in [0.1, 0.15) is 13.3 Å². The fourth-order valence-electron chi connectivity index (χ4n) is 2.47. The van der Waals surface area contributed by atoms with Crippen LogP contribution in [0.2, 0.25) is 0 Å². The number of rotatable bonds is 6. The molecule has 1 aromatic carbocycles. The molecule has 3 amide bonds. The Morgan fingerprint density at radius 1 is 1.32 bits per heavy atom. The summed E-state index contributed by atoms with van der Waals surface area (Å²) < 4.78 is 13.0. The summed E-state index contributed by atoms with van der Waals surface area (Å²) in [7, 11) is 0. The van der Waals surface area contributed by atoms with Gasteiger partial charge >= 0.3 is 5.97 Å². The zero-order valence-electron chi connectivity index (χ0n) is 13.5. The third kappa shape index (κ3) is 4.75. The summed E-state index contributed by atoms with van der Waals surface area (Å²) in [5, 5.41) is 13.1. The number of hydrogen-bond donors (Lipinski definition) is 3. The maximum Gasteiger partial charge on any atom is 0.322 e. The van der Waals surface area contributed by atoms with Crippen LogP contribution in [0.3, 0.4) is 0 Å². The van der Waals surface area contributed by atoms with Crippen LogP contribution in [0.25, 0.3) is 0 Å². The van der Waals surface area contributed by atoms with Gasteiger partial charge in [-0.1, -0.05) is 0 Å². The van der Waals surface area contributed by atoms with Crippen molar-refractivity contribution < 1.29 is 28.7 Å². The summed E-state index contributed by atoms with van der Waals surface area (Å²) >= 11 is 0. The molecule has 9 heteroatoms. The van der Waals surface area contributed by atoms with Gasteiger partial charge in [0.05, 0.1) is 5.92 Å². The van der Waals surface area contributed by atoms with Gasteiger partial charge < -0.3 is 20.6 Å². The Morgan fingerprint density at radius 3 is 2.56 bits per heavy atom. The van der Waals surface area contributed by atoms with E-state index >= 15 is 0 Å². The average molecular weight is 351 g/mol. The lowest BCUT2D eigenvalue weighted by Crippen LogP contribution is -2.48. The number of benzene rings is 1. The van der Waals surface area contributed by atoms with Crippen molar-refractivity contribution in [1.82, 2.24) is 10.6 Å². The van der Waals surface area contributed by atoms with E-state index in [-0.39, 0.29) is 18.9 Å². The molecule has 1 saturated heterocycles. The van der Waals surface area contributed by atoms with Gasteiger partial charge in [0, 0.05) is 18.7 Å². The number of carbonyl (C=O) groups is 4. The van der Waals surface area contributed by atoms with Crippen LogP contribution in [0.5, 0.6) is 0 Å². The van der Waals surface area contributed by atoms with Crippen molar-refractivity contribution in [3.63, 3.8) is 0 Å². The molecule has 2 atom stereocenters. The molecular weight excluding hydrogens is 333 g/mol. The minimum absolute atomic E-state index is 0.0212. The van der Waals surface area contributed by atoms with Crippen molar-refractivity contribution in [1.29, 1.82) is 0 Å². The van der Waals surface area contributed by atoms with E-state index in [1.54, 1.807) is 0 Å². The number of aliphatic carboxylic acids is 1. The topological polar surface area (TPSA) is 116 Å². The molecule has 1 aliphatic heterocycles. The zero-order chi connectivity index (χ0) is 18.6. The minimum Gasteiger partial charge on any atom is -0.480 e. The molecule has 25 heavy (non-hydrogen) atoms. The Balaban J connectivity index is 1.92. The van der Waals surface area contributed by atoms with Gasteiger partial charge in [-0.25, -0.2) is 4.39 Å². The van der Waals surface area contributed by atoms with Crippen LogP contribution < -0.4 is 15.5 Å². The molecule has 3 N–H and O–H groups in total. The third-order valence-corrected chi connectivity index (χ3v) is 3.80. The van der Waals surface area contributed by atoms with Crippen molar-refractivity contribution in [2.75, 3.05) is 18.0 Å². The van der Waals surface area contributed by atoms with Crippen molar-refractivity contribution in [2.24, 2.45) is 5.92 Å². The Morgan fingerprint density at radius 2 is 1.96 bits per heavy atom. The number of carboxylic acid groups (broad SMARTS) is 1. The highest BCUT2D eigenvalue weighted by Gasteiger charge is 2.36. The van der Waals surface area contributed by atoms with Crippen LogP contribution in [0.4, 0.5) is 10.1 Å². The Labute approximate surface area is 143 Å². The first-order chi connectivity index (χ1) is 11.8.